The van der Waals surface area contributed by atoms with Crippen molar-refractivity contribution in [3.63, 3.8) is 0 Å². The van der Waals surface area contributed by atoms with Gasteiger partial charge in [0.2, 0.25) is 0 Å². The van der Waals surface area contributed by atoms with Gasteiger partial charge in [0.1, 0.15) is 0 Å². The molecule has 1 aromatic heterocycles. The molecule has 1 aliphatic heterocycles. The number of nitrogens with two attached hydrogens (primary N) is 1. The number of aromatic nitrogens is 2. The molecule has 0 radical (unpaired) electrons. The van der Waals surface area contributed by atoms with Gasteiger partial charge < -0.3 is 5.73 Å². The Kier molecular flexibility index (Phi) is 4.98. The Labute approximate surface area is 183 Å². The summed E-state index contributed by atoms with van der Waals surface area (Å²) < 4.78 is 1.82. The molecule has 4 aromatic rings. The van der Waals surface area contributed by atoms with E-state index in [1.807, 2.05) is 65.5 Å². The van der Waals surface area contributed by atoms with Crippen molar-refractivity contribution in [2.24, 2.45) is 10.7 Å². The number of carbonyl (C=O) groups is 1. The molecule has 0 spiro atoms. The number of benzene rings is 3. The van der Waals surface area contributed by atoms with E-state index in [0.29, 0.717) is 4.91 Å². The molecule has 0 aliphatic carbocycles. The number of nitrogens with zero attached hydrogens (tertiary/aromatic N) is 3. The van der Waals surface area contributed by atoms with E-state index in [2.05, 4.69) is 41.4 Å². The zero-order valence-corrected chi connectivity index (χ0v) is 17.3. The van der Waals surface area contributed by atoms with Crippen LogP contribution in [0.1, 0.15) is 5.56 Å². The zero-order chi connectivity index (χ0) is 21.2. The summed E-state index contributed by atoms with van der Waals surface area (Å²) in [4.78, 5) is 16.4. The summed E-state index contributed by atoms with van der Waals surface area (Å²) in [5.41, 5.74) is 11.5. The minimum Gasteiger partial charge on any atom is -0.378 e. The van der Waals surface area contributed by atoms with Gasteiger partial charge in [0.25, 0.3) is 5.91 Å². The van der Waals surface area contributed by atoms with Crippen molar-refractivity contribution in [2.75, 3.05) is 0 Å². The van der Waals surface area contributed by atoms with E-state index >= 15 is 0 Å². The molecule has 6 heteroatoms. The Morgan fingerprint density at radius 1 is 0.806 bits per heavy atom. The fourth-order valence-corrected chi connectivity index (χ4v) is 4.12. The summed E-state index contributed by atoms with van der Waals surface area (Å²) in [6.07, 6.45) is 3.73. The van der Waals surface area contributed by atoms with E-state index in [9.17, 15) is 4.79 Å². The predicted octanol–water partition coefficient (Wildman–Crippen LogP) is 5.14. The van der Waals surface area contributed by atoms with E-state index < -0.39 is 0 Å². The van der Waals surface area contributed by atoms with Crippen LogP contribution >= 0.6 is 11.8 Å². The van der Waals surface area contributed by atoms with E-state index in [1.54, 1.807) is 0 Å². The molecule has 1 amide bonds. The number of thioether (sulfide) groups is 1. The summed E-state index contributed by atoms with van der Waals surface area (Å²) in [5, 5.41) is 5.09. The number of amides is 1. The maximum Gasteiger partial charge on any atom is 0.286 e. The first-order valence-corrected chi connectivity index (χ1v) is 10.6. The lowest BCUT2D eigenvalue weighted by Gasteiger charge is -2.04. The molecule has 31 heavy (non-hydrogen) atoms. The monoisotopic (exact) mass is 422 g/mol. The smallest absolute Gasteiger partial charge is 0.286 e. The van der Waals surface area contributed by atoms with Crippen molar-refractivity contribution in [3.8, 4) is 28.1 Å². The normalized spacial score (nSPS) is 14.8. The number of amidine groups is 1. The molecule has 0 saturated carbocycles. The predicted molar refractivity (Wildman–Crippen MR) is 127 cm³/mol. The van der Waals surface area contributed by atoms with Crippen LogP contribution in [0.3, 0.4) is 0 Å². The summed E-state index contributed by atoms with van der Waals surface area (Å²) in [6, 6.07) is 28.4. The number of hydrogen-bond donors (Lipinski definition) is 1. The quantitative estimate of drug-likeness (QED) is 0.463. The Morgan fingerprint density at radius 2 is 1.42 bits per heavy atom. The molecule has 2 N–H and O–H groups in total. The number of carbonyl (C=O) groups excluding carboxylic acids is 1. The molecule has 2 heterocycles. The number of aliphatic imine (C=N–C) groups is 1. The highest BCUT2D eigenvalue weighted by Crippen LogP contribution is 2.32. The van der Waals surface area contributed by atoms with Crippen molar-refractivity contribution < 1.29 is 4.79 Å². The van der Waals surface area contributed by atoms with Gasteiger partial charge in [-0.05, 0) is 41.1 Å². The Balaban J connectivity index is 1.58. The highest BCUT2D eigenvalue weighted by molar-refractivity contribution is 8.18. The van der Waals surface area contributed by atoms with Crippen LogP contribution in [-0.2, 0) is 4.79 Å². The molecule has 0 saturated heterocycles. The largest absolute Gasteiger partial charge is 0.378 e. The number of para-hydroxylation sites is 1. The van der Waals surface area contributed by atoms with Gasteiger partial charge in [-0.2, -0.15) is 10.1 Å². The summed E-state index contributed by atoms with van der Waals surface area (Å²) in [6.45, 7) is 0. The van der Waals surface area contributed by atoms with Crippen LogP contribution in [0.2, 0.25) is 0 Å². The fourth-order valence-electron chi connectivity index (χ4n) is 3.45. The van der Waals surface area contributed by atoms with Crippen LogP contribution < -0.4 is 5.73 Å². The summed E-state index contributed by atoms with van der Waals surface area (Å²) in [5.74, 6) is -0.319. The zero-order valence-electron chi connectivity index (χ0n) is 16.5. The molecule has 0 unspecified atom stereocenters. The molecule has 0 atom stereocenters. The molecular weight excluding hydrogens is 404 g/mol. The van der Waals surface area contributed by atoms with Crippen LogP contribution in [0.4, 0.5) is 0 Å². The van der Waals surface area contributed by atoms with Crippen LogP contribution in [0, 0.1) is 0 Å². The first kappa shape index (κ1) is 19.1. The van der Waals surface area contributed by atoms with Crippen LogP contribution in [0.15, 0.2) is 101 Å². The SMILES string of the molecule is NC1=NC(=O)/C(=C\c2cn(-c3ccccc3)nc2-c2ccc(-c3ccccc3)cc2)S1. The number of rotatable bonds is 4. The van der Waals surface area contributed by atoms with Crippen molar-refractivity contribution >= 4 is 28.9 Å². The van der Waals surface area contributed by atoms with Gasteiger partial charge in [0.15, 0.2) is 5.17 Å². The Bertz CT molecular complexity index is 1310. The fraction of sp³-hybridized carbons (Fsp3) is 0. The first-order valence-electron chi connectivity index (χ1n) is 9.76. The third-order valence-electron chi connectivity index (χ3n) is 4.95. The third kappa shape index (κ3) is 3.93. The van der Waals surface area contributed by atoms with Crippen LogP contribution in [-0.4, -0.2) is 20.9 Å². The van der Waals surface area contributed by atoms with Gasteiger partial charge in [0.05, 0.1) is 16.3 Å². The maximum atomic E-state index is 12.1. The average Bonchev–Trinajstić information content (AvgIpc) is 3.37. The van der Waals surface area contributed by atoms with Crippen molar-refractivity contribution in [3.05, 3.63) is 102 Å². The van der Waals surface area contributed by atoms with Crippen molar-refractivity contribution in [2.45, 2.75) is 0 Å². The van der Waals surface area contributed by atoms with E-state index in [1.165, 1.54) is 11.8 Å². The second kappa shape index (κ2) is 8.08. The van der Waals surface area contributed by atoms with Crippen LogP contribution in [0.25, 0.3) is 34.1 Å². The molecular formula is C25H18N4OS. The second-order valence-corrected chi connectivity index (χ2v) is 8.08. The van der Waals surface area contributed by atoms with Gasteiger partial charge in [-0.1, -0.05) is 72.8 Å². The number of hydrogen-bond acceptors (Lipinski definition) is 4. The standard InChI is InChI=1S/C25H18N4OS/c26-25-27-24(30)22(31-25)15-20-16-29(21-9-5-2-6-10-21)28-23(20)19-13-11-18(12-14-19)17-7-3-1-4-8-17/h1-16H,(H2,26,27,30)/b22-15+. The van der Waals surface area contributed by atoms with Gasteiger partial charge >= 0.3 is 0 Å². The van der Waals surface area contributed by atoms with Gasteiger partial charge in [-0.3, -0.25) is 4.79 Å². The average molecular weight is 423 g/mol. The van der Waals surface area contributed by atoms with Gasteiger partial charge in [-0.25, -0.2) is 4.68 Å². The van der Waals surface area contributed by atoms with Gasteiger partial charge in [0, 0.05) is 17.3 Å². The van der Waals surface area contributed by atoms with E-state index in [-0.39, 0.29) is 11.1 Å². The first-order chi connectivity index (χ1) is 15.2. The summed E-state index contributed by atoms with van der Waals surface area (Å²) in [7, 11) is 0. The molecule has 5 nitrogen and oxygen atoms in total. The highest BCUT2D eigenvalue weighted by atomic mass is 32.2. The lowest BCUT2D eigenvalue weighted by atomic mass is 10.0. The molecule has 1 aliphatic rings. The second-order valence-electron chi connectivity index (χ2n) is 7.02. The Hall–Kier alpha value is -3.90. The molecule has 150 valence electrons. The molecule has 0 fully saturated rings. The minimum atomic E-state index is -0.319. The van der Waals surface area contributed by atoms with E-state index in [4.69, 9.17) is 10.8 Å². The maximum absolute atomic E-state index is 12.1. The van der Waals surface area contributed by atoms with Gasteiger partial charge in [-0.15, -0.1) is 0 Å². The lowest BCUT2D eigenvalue weighted by molar-refractivity contribution is -0.113. The molecule has 0 bridgehead atoms. The topological polar surface area (TPSA) is 73.3 Å². The molecule has 3 aromatic carbocycles. The van der Waals surface area contributed by atoms with Crippen molar-refractivity contribution in [1.82, 2.24) is 9.78 Å². The van der Waals surface area contributed by atoms with Crippen LogP contribution in [0.5, 0.6) is 0 Å². The van der Waals surface area contributed by atoms with E-state index in [0.717, 1.165) is 33.6 Å². The minimum absolute atomic E-state index is 0.264. The molecule has 5 rings (SSSR count). The van der Waals surface area contributed by atoms with Crippen molar-refractivity contribution in [1.29, 1.82) is 0 Å². The third-order valence-corrected chi connectivity index (χ3v) is 5.77. The lowest BCUT2D eigenvalue weighted by Crippen LogP contribution is -2.01. The summed E-state index contributed by atoms with van der Waals surface area (Å²) >= 11 is 1.18. The highest BCUT2D eigenvalue weighted by Gasteiger charge is 2.21. The Morgan fingerprint density at radius 3 is 2.06 bits per heavy atom.